The number of aryl methyl sites for hydroxylation is 1. The molecule has 2 aliphatic heterocycles. The molecule has 2 amide bonds. The number of nitrogens with zero attached hydrogens (tertiary/aromatic N) is 1. The summed E-state index contributed by atoms with van der Waals surface area (Å²) in [4.78, 5) is 37.5. The minimum absolute atomic E-state index is 0.101. The lowest BCUT2D eigenvalue weighted by atomic mass is 9.86. The molecule has 0 atom stereocenters. The summed E-state index contributed by atoms with van der Waals surface area (Å²) in [5.41, 5.74) is 0.931. The van der Waals surface area contributed by atoms with Crippen LogP contribution in [0.3, 0.4) is 0 Å². The van der Waals surface area contributed by atoms with Crippen molar-refractivity contribution in [2.75, 3.05) is 13.1 Å². The van der Waals surface area contributed by atoms with E-state index < -0.39 is 0 Å². The normalized spacial score (nSPS) is 19.7. The Morgan fingerprint density at radius 3 is 2.39 bits per heavy atom. The lowest BCUT2D eigenvalue weighted by Crippen LogP contribution is -2.53. The molecule has 0 radical (unpaired) electrons. The first kappa shape index (κ1) is 15.7. The molecule has 5 heteroatoms. The second kappa shape index (κ2) is 6.52. The minimum Gasteiger partial charge on any atom is -0.351 e. The highest BCUT2D eigenvalue weighted by atomic mass is 16.2. The number of amides is 2. The summed E-state index contributed by atoms with van der Waals surface area (Å²) < 4.78 is 0. The molecule has 0 aromatic heterocycles. The van der Waals surface area contributed by atoms with Gasteiger partial charge in [-0.3, -0.25) is 14.4 Å². The topological polar surface area (TPSA) is 66.5 Å². The van der Waals surface area contributed by atoms with Crippen molar-refractivity contribution < 1.29 is 14.4 Å². The first-order valence-corrected chi connectivity index (χ1v) is 8.25. The molecule has 2 fully saturated rings. The predicted molar refractivity (Wildman–Crippen MR) is 85.7 cm³/mol. The smallest absolute Gasteiger partial charge is 0.289 e. The summed E-state index contributed by atoms with van der Waals surface area (Å²) in [7, 11) is 0. The first-order chi connectivity index (χ1) is 11.1. The van der Waals surface area contributed by atoms with Gasteiger partial charge in [0.15, 0.2) is 0 Å². The van der Waals surface area contributed by atoms with Gasteiger partial charge in [-0.05, 0) is 31.2 Å². The molecular formula is C18H22N2O3. The zero-order chi connectivity index (χ0) is 16.3. The van der Waals surface area contributed by atoms with E-state index in [2.05, 4.69) is 5.32 Å². The van der Waals surface area contributed by atoms with Gasteiger partial charge in [0.2, 0.25) is 11.7 Å². The Morgan fingerprint density at radius 1 is 1.09 bits per heavy atom. The van der Waals surface area contributed by atoms with Crippen LogP contribution in [0.4, 0.5) is 0 Å². The Morgan fingerprint density at radius 2 is 1.78 bits per heavy atom. The lowest BCUT2D eigenvalue weighted by Gasteiger charge is -2.38. The van der Waals surface area contributed by atoms with Crippen molar-refractivity contribution in [2.24, 2.45) is 0 Å². The van der Waals surface area contributed by atoms with Gasteiger partial charge in [-0.2, -0.15) is 0 Å². The fourth-order valence-corrected chi connectivity index (χ4v) is 3.47. The zero-order valence-corrected chi connectivity index (χ0v) is 13.2. The van der Waals surface area contributed by atoms with Gasteiger partial charge in [0.05, 0.1) is 0 Å². The largest absolute Gasteiger partial charge is 0.351 e. The van der Waals surface area contributed by atoms with Crippen LogP contribution in [0.1, 0.15) is 37.7 Å². The van der Waals surface area contributed by atoms with E-state index >= 15 is 0 Å². The van der Waals surface area contributed by atoms with Gasteiger partial charge >= 0.3 is 0 Å². The quantitative estimate of drug-likeness (QED) is 0.856. The molecule has 0 bridgehead atoms. The molecule has 0 aliphatic carbocycles. The SMILES string of the molecule is O=C1CCC2(CCN(C(=O)C(=O)CCc3ccccc3)CC2)N1. The molecule has 0 saturated carbocycles. The van der Waals surface area contributed by atoms with Crippen LogP contribution in [0.5, 0.6) is 0 Å². The molecule has 2 aliphatic rings. The Kier molecular flexibility index (Phi) is 4.46. The van der Waals surface area contributed by atoms with Crippen molar-refractivity contribution in [3.63, 3.8) is 0 Å². The van der Waals surface area contributed by atoms with Crippen molar-refractivity contribution in [3.8, 4) is 0 Å². The average molecular weight is 314 g/mol. The van der Waals surface area contributed by atoms with Gasteiger partial charge < -0.3 is 10.2 Å². The molecule has 1 aromatic rings. The number of likely N-dealkylation sites (tertiary alicyclic amines) is 1. The van der Waals surface area contributed by atoms with Gasteiger partial charge in [0, 0.05) is 31.5 Å². The van der Waals surface area contributed by atoms with Crippen molar-refractivity contribution in [3.05, 3.63) is 35.9 Å². The van der Waals surface area contributed by atoms with Crippen molar-refractivity contribution in [2.45, 2.75) is 44.1 Å². The van der Waals surface area contributed by atoms with Gasteiger partial charge in [0.1, 0.15) is 0 Å². The number of carbonyl (C=O) groups is 3. The second-order valence-electron chi connectivity index (χ2n) is 6.53. The van der Waals surface area contributed by atoms with E-state index in [0.717, 1.165) is 24.8 Å². The summed E-state index contributed by atoms with van der Waals surface area (Å²) in [5, 5.41) is 3.04. The van der Waals surface area contributed by atoms with E-state index in [0.29, 0.717) is 25.9 Å². The number of hydrogen-bond donors (Lipinski definition) is 1. The molecular weight excluding hydrogens is 292 g/mol. The number of Topliss-reactive ketones (excluding diaryl/α,β-unsaturated/α-hetero) is 1. The van der Waals surface area contributed by atoms with E-state index in [9.17, 15) is 14.4 Å². The van der Waals surface area contributed by atoms with E-state index in [4.69, 9.17) is 0 Å². The van der Waals surface area contributed by atoms with E-state index in [1.807, 2.05) is 30.3 Å². The Balaban J connectivity index is 1.49. The predicted octanol–water partition coefficient (Wildman–Crippen LogP) is 1.46. The number of nitrogens with one attached hydrogen (secondary N) is 1. The Labute approximate surface area is 136 Å². The Bertz CT molecular complexity index is 604. The fraction of sp³-hybridized carbons (Fsp3) is 0.500. The maximum Gasteiger partial charge on any atom is 0.289 e. The number of carbonyl (C=O) groups excluding carboxylic acids is 3. The summed E-state index contributed by atoms with van der Waals surface area (Å²) in [5.74, 6) is -0.593. The molecule has 122 valence electrons. The van der Waals surface area contributed by atoms with Crippen LogP contribution >= 0.6 is 0 Å². The van der Waals surface area contributed by atoms with E-state index in [1.54, 1.807) is 4.90 Å². The van der Waals surface area contributed by atoms with Crippen LogP contribution < -0.4 is 5.32 Å². The zero-order valence-electron chi connectivity index (χ0n) is 13.2. The van der Waals surface area contributed by atoms with Gasteiger partial charge in [-0.25, -0.2) is 0 Å². The van der Waals surface area contributed by atoms with E-state index in [-0.39, 0.29) is 29.6 Å². The Hall–Kier alpha value is -2.17. The van der Waals surface area contributed by atoms with Crippen molar-refractivity contribution in [1.29, 1.82) is 0 Å². The maximum absolute atomic E-state index is 12.3. The van der Waals surface area contributed by atoms with Crippen LogP contribution in [0, 0.1) is 0 Å². The van der Waals surface area contributed by atoms with Crippen LogP contribution in [-0.4, -0.2) is 41.1 Å². The minimum atomic E-state index is -0.375. The number of hydrogen-bond acceptors (Lipinski definition) is 3. The van der Waals surface area contributed by atoms with Crippen LogP contribution in [0.2, 0.25) is 0 Å². The number of benzene rings is 1. The molecule has 1 N–H and O–H groups in total. The molecule has 1 spiro atoms. The molecule has 23 heavy (non-hydrogen) atoms. The van der Waals surface area contributed by atoms with Crippen LogP contribution in [0.25, 0.3) is 0 Å². The lowest BCUT2D eigenvalue weighted by molar-refractivity contribution is -0.145. The van der Waals surface area contributed by atoms with Gasteiger partial charge in [-0.15, -0.1) is 0 Å². The highest BCUT2D eigenvalue weighted by Crippen LogP contribution is 2.31. The summed E-state index contributed by atoms with van der Waals surface area (Å²) in [6.45, 7) is 1.10. The van der Waals surface area contributed by atoms with Crippen LogP contribution in [0.15, 0.2) is 30.3 Å². The number of piperidine rings is 1. The molecule has 1 aromatic carbocycles. The monoisotopic (exact) mass is 314 g/mol. The number of rotatable bonds is 4. The van der Waals surface area contributed by atoms with Crippen LogP contribution in [-0.2, 0) is 20.8 Å². The summed E-state index contributed by atoms with van der Waals surface area (Å²) in [6.07, 6.45) is 3.76. The van der Waals surface area contributed by atoms with Crippen molar-refractivity contribution >= 4 is 17.6 Å². The van der Waals surface area contributed by atoms with Crippen molar-refractivity contribution in [1.82, 2.24) is 10.2 Å². The van der Waals surface area contributed by atoms with Gasteiger partial charge in [-0.1, -0.05) is 30.3 Å². The first-order valence-electron chi connectivity index (χ1n) is 8.25. The summed E-state index contributed by atoms with van der Waals surface area (Å²) in [6, 6.07) is 9.72. The second-order valence-corrected chi connectivity index (χ2v) is 6.53. The standard InChI is InChI=1S/C18H22N2O3/c21-15(7-6-14-4-2-1-3-5-14)17(23)20-12-10-18(11-13-20)9-8-16(22)19-18/h1-5H,6-13H2,(H,19,22). The third-order valence-corrected chi connectivity index (χ3v) is 4.97. The number of ketones is 1. The molecule has 5 nitrogen and oxygen atoms in total. The third-order valence-electron chi connectivity index (χ3n) is 4.97. The highest BCUT2D eigenvalue weighted by molar-refractivity contribution is 6.36. The third kappa shape index (κ3) is 3.60. The molecule has 3 rings (SSSR count). The molecule has 0 unspecified atom stereocenters. The fourth-order valence-electron chi connectivity index (χ4n) is 3.47. The van der Waals surface area contributed by atoms with Gasteiger partial charge in [0.25, 0.3) is 5.91 Å². The highest BCUT2D eigenvalue weighted by Gasteiger charge is 2.41. The summed E-state index contributed by atoms with van der Waals surface area (Å²) >= 11 is 0. The van der Waals surface area contributed by atoms with E-state index in [1.165, 1.54) is 0 Å². The molecule has 2 heterocycles. The average Bonchev–Trinajstić information content (AvgIpc) is 2.94. The molecule has 2 saturated heterocycles. The maximum atomic E-state index is 12.3.